The van der Waals surface area contributed by atoms with Gasteiger partial charge in [0, 0.05) is 18.2 Å². The summed E-state index contributed by atoms with van der Waals surface area (Å²) in [6.45, 7) is 3.82. The van der Waals surface area contributed by atoms with E-state index in [0.29, 0.717) is 40.3 Å². The summed E-state index contributed by atoms with van der Waals surface area (Å²) in [6, 6.07) is 18.8. The SMILES string of the molecule is CCCC(=O)c1cn2ncc(C#N)c(Oc3ccc(Oc4ccccc4)cc3)c2c1C. The van der Waals surface area contributed by atoms with Crippen molar-refractivity contribution < 1.29 is 14.3 Å². The molecule has 154 valence electrons. The smallest absolute Gasteiger partial charge is 0.172 e. The third-order valence-electron chi connectivity index (χ3n) is 4.93. The zero-order chi connectivity index (χ0) is 21.8. The summed E-state index contributed by atoms with van der Waals surface area (Å²) >= 11 is 0. The number of fused-ring (bicyclic) bond motifs is 1. The Bertz CT molecular complexity index is 1270. The Morgan fingerprint density at radius 3 is 2.32 bits per heavy atom. The summed E-state index contributed by atoms with van der Waals surface area (Å²) in [4.78, 5) is 12.5. The number of carbonyl (C=O) groups is 1. The number of hydrogen-bond donors (Lipinski definition) is 0. The maximum atomic E-state index is 12.5. The number of para-hydroxylation sites is 1. The van der Waals surface area contributed by atoms with Crippen LogP contribution in [0, 0.1) is 18.3 Å². The van der Waals surface area contributed by atoms with Crippen molar-refractivity contribution in [3.05, 3.63) is 83.7 Å². The van der Waals surface area contributed by atoms with Crippen LogP contribution in [0.25, 0.3) is 5.52 Å². The highest BCUT2D eigenvalue weighted by Crippen LogP contribution is 2.34. The van der Waals surface area contributed by atoms with Crippen molar-refractivity contribution in [3.8, 4) is 29.1 Å². The van der Waals surface area contributed by atoms with Crippen LogP contribution >= 0.6 is 0 Å². The zero-order valence-electron chi connectivity index (χ0n) is 17.3. The number of hydrogen-bond acceptors (Lipinski definition) is 5. The number of benzene rings is 2. The molecule has 0 radical (unpaired) electrons. The molecule has 0 amide bonds. The molecule has 0 aliphatic rings. The maximum absolute atomic E-state index is 12.5. The lowest BCUT2D eigenvalue weighted by Gasteiger charge is -2.11. The van der Waals surface area contributed by atoms with Crippen LogP contribution in [0.3, 0.4) is 0 Å². The molecule has 0 bridgehead atoms. The van der Waals surface area contributed by atoms with Crippen LogP contribution in [0.1, 0.15) is 41.3 Å². The summed E-state index contributed by atoms with van der Waals surface area (Å²) < 4.78 is 13.5. The monoisotopic (exact) mass is 411 g/mol. The lowest BCUT2D eigenvalue weighted by atomic mass is 10.1. The van der Waals surface area contributed by atoms with E-state index in [1.54, 1.807) is 35.0 Å². The lowest BCUT2D eigenvalue weighted by molar-refractivity contribution is 0.0981. The Balaban J connectivity index is 1.67. The van der Waals surface area contributed by atoms with Gasteiger partial charge in [-0.15, -0.1) is 0 Å². The molecule has 0 N–H and O–H groups in total. The van der Waals surface area contributed by atoms with Gasteiger partial charge >= 0.3 is 0 Å². The number of ketones is 1. The summed E-state index contributed by atoms with van der Waals surface area (Å²) in [7, 11) is 0. The predicted molar refractivity (Wildman–Crippen MR) is 117 cm³/mol. The first kappa shape index (κ1) is 20.2. The second-order valence-electron chi connectivity index (χ2n) is 7.12. The molecule has 31 heavy (non-hydrogen) atoms. The quantitative estimate of drug-likeness (QED) is 0.344. The molecular weight excluding hydrogens is 390 g/mol. The molecular formula is C25H21N3O3. The number of aromatic nitrogens is 2. The fraction of sp³-hybridized carbons (Fsp3) is 0.160. The first-order valence-electron chi connectivity index (χ1n) is 10.1. The lowest BCUT2D eigenvalue weighted by Crippen LogP contribution is -1.98. The van der Waals surface area contributed by atoms with Gasteiger partial charge in [-0.3, -0.25) is 4.79 Å². The predicted octanol–water partition coefficient (Wildman–Crippen LogP) is 6.08. The van der Waals surface area contributed by atoms with E-state index >= 15 is 0 Å². The van der Waals surface area contributed by atoms with Crippen molar-refractivity contribution in [2.75, 3.05) is 0 Å². The number of rotatable bonds is 7. The number of nitriles is 1. The molecule has 2 heterocycles. The number of ether oxygens (including phenoxy) is 2. The van der Waals surface area contributed by atoms with Crippen molar-refractivity contribution >= 4 is 11.3 Å². The third kappa shape index (κ3) is 4.12. The average molecular weight is 411 g/mol. The molecule has 4 rings (SSSR count). The van der Waals surface area contributed by atoms with Crippen LogP contribution in [0.4, 0.5) is 0 Å². The Kier molecular flexibility index (Phi) is 5.67. The Hall–Kier alpha value is -4.11. The van der Waals surface area contributed by atoms with Crippen LogP contribution in [0.5, 0.6) is 23.0 Å². The first-order chi connectivity index (χ1) is 15.1. The number of aryl methyl sites for hydroxylation is 1. The van der Waals surface area contributed by atoms with Crippen LogP contribution in [0.2, 0.25) is 0 Å². The number of carbonyl (C=O) groups excluding carboxylic acids is 1. The minimum atomic E-state index is 0.0531. The molecule has 6 heteroatoms. The Morgan fingerprint density at radius 2 is 1.68 bits per heavy atom. The minimum Gasteiger partial charge on any atom is -0.457 e. The molecule has 2 aromatic carbocycles. The van der Waals surface area contributed by atoms with Gasteiger partial charge in [-0.05, 0) is 55.3 Å². The van der Waals surface area contributed by atoms with E-state index in [1.165, 1.54) is 6.20 Å². The molecule has 4 aromatic rings. The molecule has 0 saturated carbocycles. The van der Waals surface area contributed by atoms with Gasteiger partial charge in [0.05, 0.1) is 6.20 Å². The second-order valence-corrected chi connectivity index (χ2v) is 7.12. The average Bonchev–Trinajstić information content (AvgIpc) is 3.13. The van der Waals surface area contributed by atoms with Gasteiger partial charge in [0.25, 0.3) is 0 Å². The van der Waals surface area contributed by atoms with Crippen LogP contribution in [0.15, 0.2) is 67.0 Å². The normalized spacial score (nSPS) is 10.6. The summed E-state index contributed by atoms with van der Waals surface area (Å²) in [5, 5.41) is 13.9. The standard InChI is InChI=1S/C25H21N3O3/c1-3-7-23(29)22-16-28-24(17(22)2)25(18(14-26)15-27-28)31-21-12-10-20(11-13-21)30-19-8-5-4-6-9-19/h4-6,8-13,15-16H,3,7H2,1-2H3. The minimum absolute atomic E-state index is 0.0531. The van der Waals surface area contributed by atoms with Crippen LogP contribution in [-0.2, 0) is 0 Å². The van der Waals surface area contributed by atoms with Gasteiger partial charge < -0.3 is 9.47 Å². The molecule has 6 nitrogen and oxygen atoms in total. The van der Waals surface area contributed by atoms with Gasteiger partial charge in [-0.1, -0.05) is 25.1 Å². The van der Waals surface area contributed by atoms with Crippen molar-refractivity contribution in [2.45, 2.75) is 26.7 Å². The molecule has 0 fully saturated rings. The summed E-state index contributed by atoms with van der Waals surface area (Å²) in [5.74, 6) is 2.39. The van der Waals surface area contributed by atoms with E-state index in [2.05, 4.69) is 11.2 Å². The van der Waals surface area contributed by atoms with Crippen molar-refractivity contribution in [1.29, 1.82) is 5.26 Å². The van der Waals surface area contributed by atoms with Gasteiger partial charge in [0.15, 0.2) is 11.5 Å². The topological polar surface area (TPSA) is 76.6 Å². The highest BCUT2D eigenvalue weighted by molar-refractivity contribution is 6.00. The fourth-order valence-corrected chi connectivity index (χ4v) is 3.40. The first-order valence-corrected chi connectivity index (χ1v) is 10.1. The fourth-order valence-electron chi connectivity index (χ4n) is 3.40. The van der Waals surface area contributed by atoms with Gasteiger partial charge in [0.1, 0.15) is 34.4 Å². The molecule has 0 aliphatic carbocycles. The number of Topliss-reactive ketones (excluding diaryl/α,β-unsaturated/α-hetero) is 1. The molecule has 0 saturated heterocycles. The molecule has 0 spiro atoms. The summed E-state index contributed by atoms with van der Waals surface area (Å²) in [5.41, 5.74) is 2.26. The van der Waals surface area contributed by atoms with Crippen LogP contribution in [-0.4, -0.2) is 15.4 Å². The van der Waals surface area contributed by atoms with E-state index < -0.39 is 0 Å². The zero-order valence-corrected chi connectivity index (χ0v) is 17.3. The van der Waals surface area contributed by atoms with E-state index in [9.17, 15) is 10.1 Å². The highest BCUT2D eigenvalue weighted by Gasteiger charge is 2.20. The van der Waals surface area contributed by atoms with Crippen LogP contribution < -0.4 is 9.47 Å². The van der Waals surface area contributed by atoms with E-state index in [-0.39, 0.29) is 5.78 Å². The third-order valence-corrected chi connectivity index (χ3v) is 4.93. The maximum Gasteiger partial charge on any atom is 0.172 e. The molecule has 2 aromatic heterocycles. The summed E-state index contributed by atoms with van der Waals surface area (Å²) in [6.07, 6.45) is 4.38. The van der Waals surface area contributed by atoms with Gasteiger partial charge in [0.2, 0.25) is 0 Å². The highest BCUT2D eigenvalue weighted by atomic mass is 16.5. The van der Waals surface area contributed by atoms with Crippen molar-refractivity contribution in [2.24, 2.45) is 0 Å². The molecule has 0 aliphatic heterocycles. The van der Waals surface area contributed by atoms with E-state index in [4.69, 9.17) is 9.47 Å². The number of nitrogens with zero attached hydrogens (tertiary/aromatic N) is 3. The molecule has 0 unspecified atom stereocenters. The van der Waals surface area contributed by atoms with Gasteiger partial charge in [-0.2, -0.15) is 10.4 Å². The van der Waals surface area contributed by atoms with Crippen molar-refractivity contribution in [3.63, 3.8) is 0 Å². The van der Waals surface area contributed by atoms with E-state index in [1.807, 2.05) is 44.2 Å². The molecule has 0 atom stereocenters. The Labute approximate surface area is 180 Å². The van der Waals surface area contributed by atoms with E-state index in [0.717, 1.165) is 17.7 Å². The Morgan fingerprint density at radius 1 is 1.03 bits per heavy atom. The largest absolute Gasteiger partial charge is 0.457 e. The second kappa shape index (κ2) is 8.72. The van der Waals surface area contributed by atoms with Gasteiger partial charge in [-0.25, -0.2) is 4.52 Å². The van der Waals surface area contributed by atoms with Crippen molar-refractivity contribution in [1.82, 2.24) is 9.61 Å².